The van der Waals surface area contributed by atoms with Crippen LogP contribution in [0.5, 0.6) is 5.75 Å². The maximum absolute atomic E-state index is 11.8. The van der Waals surface area contributed by atoms with Gasteiger partial charge in [-0.2, -0.15) is 0 Å². The van der Waals surface area contributed by atoms with E-state index in [1.165, 1.54) is 12.1 Å². The van der Waals surface area contributed by atoms with E-state index in [9.17, 15) is 9.90 Å². The molecule has 1 saturated carbocycles. The van der Waals surface area contributed by atoms with Gasteiger partial charge in [0.1, 0.15) is 5.75 Å². The molecule has 0 unspecified atom stereocenters. The van der Waals surface area contributed by atoms with Gasteiger partial charge < -0.3 is 15.5 Å². The fraction of sp³-hybridized carbons (Fsp3) is 0.500. The summed E-state index contributed by atoms with van der Waals surface area (Å²) < 4.78 is 0. The van der Waals surface area contributed by atoms with Gasteiger partial charge in [-0.3, -0.25) is 4.79 Å². The van der Waals surface area contributed by atoms with Crippen LogP contribution in [0.3, 0.4) is 0 Å². The van der Waals surface area contributed by atoms with Crippen molar-refractivity contribution in [3.05, 3.63) is 29.8 Å². The van der Waals surface area contributed by atoms with Crippen molar-refractivity contribution >= 4 is 5.91 Å². The van der Waals surface area contributed by atoms with Gasteiger partial charge in [0.15, 0.2) is 0 Å². The smallest absolute Gasteiger partial charge is 0.251 e. The standard InChI is InChI=1S/C14H19NO3/c16-12-5-1-10(2-6-12)9-15-14(18)11-3-7-13(17)8-4-11/h3-4,7-8,10,12,16-17H,1-2,5-6,9H2,(H,15,18). The Kier molecular flexibility index (Phi) is 4.20. The van der Waals surface area contributed by atoms with Crippen molar-refractivity contribution in [3.8, 4) is 5.75 Å². The van der Waals surface area contributed by atoms with Crippen molar-refractivity contribution in [2.24, 2.45) is 5.92 Å². The van der Waals surface area contributed by atoms with Crippen molar-refractivity contribution in [2.75, 3.05) is 6.54 Å². The Balaban J connectivity index is 1.79. The second-order valence-electron chi connectivity index (χ2n) is 4.93. The van der Waals surface area contributed by atoms with E-state index in [0.29, 0.717) is 18.0 Å². The summed E-state index contributed by atoms with van der Waals surface area (Å²) in [4.78, 5) is 11.8. The molecule has 1 aliphatic carbocycles. The number of carbonyl (C=O) groups excluding carboxylic acids is 1. The molecule has 98 valence electrons. The third-order valence-corrected chi connectivity index (χ3v) is 3.50. The van der Waals surface area contributed by atoms with Gasteiger partial charge in [0.05, 0.1) is 6.10 Å². The highest BCUT2D eigenvalue weighted by atomic mass is 16.3. The van der Waals surface area contributed by atoms with Crippen LogP contribution in [0, 0.1) is 5.92 Å². The van der Waals surface area contributed by atoms with Gasteiger partial charge in [0.2, 0.25) is 0 Å². The highest BCUT2D eigenvalue weighted by Gasteiger charge is 2.19. The van der Waals surface area contributed by atoms with Crippen LogP contribution in [0.2, 0.25) is 0 Å². The molecule has 0 radical (unpaired) electrons. The molecule has 1 amide bonds. The molecule has 1 aliphatic rings. The van der Waals surface area contributed by atoms with Gasteiger partial charge in [-0.05, 0) is 55.9 Å². The molecule has 4 nitrogen and oxygen atoms in total. The van der Waals surface area contributed by atoms with E-state index in [1.54, 1.807) is 12.1 Å². The summed E-state index contributed by atoms with van der Waals surface area (Å²) in [5, 5.41) is 21.4. The van der Waals surface area contributed by atoms with E-state index in [0.717, 1.165) is 25.7 Å². The van der Waals surface area contributed by atoms with Crippen LogP contribution < -0.4 is 5.32 Å². The minimum atomic E-state index is -0.158. The molecule has 0 aliphatic heterocycles. The molecule has 0 atom stereocenters. The summed E-state index contributed by atoms with van der Waals surface area (Å²) >= 11 is 0. The Hall–Kier alpha value is -1.55. The number of benzene rings is 1. The van der Waals surface area contributed by atoms with E-state index in [-0.39, 0.29) is 17.8 Å². The molecular formula is C14H19NO3. The van der Waals surface area contributed by atoms with Crippen LogP contribution in [-0.2, 0) is 0 Å². The fourth-order valence-corrected chi connectivity index (χ4v) is 2.30. The molecular weight excluding hydrogens is 230 g/mol. The zero-order chi connectivity index (χ0) is 13.0. The van der Waals surface area contributed by atoms with Gasteiger partial charge in [-0.1, -0.05) is 0 Å². The summed E-state index contributed by atoms with van der Waals surface area (Å²) in [6.45, 7) is 0.659. The van der Waals surface area contributed by atoms with Crippen molar-refractivity contribution < 1.29 is 15.0 Å². The molecule has 1 fully saturated rings. The first-order valence-corrected chi connectivity index (χ1v) is 6.40. The summed E-state index contributed by atoms with van der Waals surface area (Å²) in [6, 6.07) is 6.22. The lowest BCUT2D eigenvalue weighted by atomic mass is 9.87. The van der Waals surface area contributed by atoms with Crippen molar-refractivity contribution in [1.29, 1.82) is 0 Å². The number of phenolic OH excluding ortho intramolecular Hbond substituents is 1. The SMILES string of the molecule is O=C(NCC1CCC(O)CC1)c1ccc(O)cc1. The normalized spacial score (nSPS) is 23.6. The summed E-state index contributed by atoms with van der Waals surface area (Å²) in [5.41, 5.74) is 0.559. The zero-order valence-corrected chi connectivity index (χ0v) is 10.3. The predicted octanol–water partition coefficient (Wildman–Crippen LogP) is 1.67. The molecule has 2 rings (SSSR count). The molecule has 4 heteroatoms. The summed E-state index contributed by atoms with van der Waals surface area (Å²) in [5.74, 6) is 0.517. The molecule has 0 saturated heterocycles. The number of aliphatic hydroxyl groups excluding tert-OH is 1. The minimum absolute atomic E-state index is 0.110. The highest BCUT2D eigenvalue weighted by Crippen LogP contribution is 2.23. The topological polar surface area (TPSA) is 69.6 Å². The van der Waals surface area contributed by atoms with Gasteiger partial charge in [0, 0.05) is 12.1 Å². The van der Waals surface area contributed by atoms with E-state index in [2.05, 4.69) is 5.32 Å². The lowest BCUT2D eigenvalue weighted by Gasteiger charge is -2.25. The minimum Gasteiger partial charge on any atom is -0.508 e. The number of hydrogen-bond acceptors (Lipinski definition) is 3. The number of carbonyl (C=O) groups is 1. The monoisotopic (exact) mass is 249 g/mol. The number of hydrogen-bond donors (Lipinski definition) is 3. The fourth-order valence-electron chi connectivity index (χ4n) is 2.30. The number of amides is 1. The Morgan fingerprint density at radius 3 is 2.39 bits per heavy atom. The van der Waals surface area contributed by atoms with Crippen molar-refractivity contribution in [3.63, 3.8) is 0 Å². The number of phenols is 1. The van der Waals surface area contributed by atoms with E-state index in [1.807, 2.05) is 0 Å². The first-order valence-electron chi connectivity index (χ1n) is 6.40. The number of aliphatic hydroxyl groups is 1. The number of rotatable bonds is 3. The van der Waals surface area contributed by atoms with Crippen molar-refractivity contribution in [2.45, 2.75) is 31.8 Å². The van der Waals surface area contributed by atoms with Gasteiger partial charge in [-0.15, -0.1) is 0 Å². The van der Waals surface area contributed by atoms with Crippen LogP contribution in [0.4, 0.5) is 0 Å². The average Bonchev–Trinajstić information content (AvgIpc) is 2.38. The van der Waals surface area contributed by atoms with Gasteiger partial charge in [-0.25, -0.2) is 0 Å². The second kappa shape index (κ2) is 5.87. The molecule has 1 aromatic carbocycles. The van der Waals surface area contributed by atoms with Crippen LogP contribution in [0.1, 0.15) is 36.0 Å². The molecule has 3 N–H and O–H groups in total. The molecule has 1 aromatic rings. The van der Waals surface area contributed by atoms with E-state index < -0.39 is 0 Å². The Labute approximate surface area is 107 Å². The zero-order valence-electron chi connectivity index (χ0n) is 10.3. The average molecular weight is 249 g/mol. The van der Waals surface area contributed by atoms with Crippen LogP contribution in [-0.4, -0.2) is 28.8 Å². The second-order valence-corrected chi connectivity index (χ2v) is 4.93. The molecule has 18 heavy (non-hydrogen) atoms. The maximum Gasteiger partial charge on any atom is 0.251 e. The molecule has 0 bridgehead atoms. The van der Waals surface area contributed by atoms with Crippen LogP contribution in [0.15, 0.2) is 24.3 Å². The Bertz CT molecular complexity index is 394. The first kappa shape index (κ1) is 12.9. The highest BCUT2D eigenvalue weighted by molar-refractivity contribution is 5.94. The summed E-state index contributed by atoms with van der Waals surface area (Å²) in [6.07, 6.45) is 3.45. The Morgan fingerprint density at radius 1 is 1.17 bits per heavy atom. The third-order valence-electron chi connectivity index (χ3n) is 3.50. The van der Waals surface area contributed by atoms with Crippen molar-refractivity contribution in [1.82, 2.24) is 5.32 Å². The molecule has 0 heterocycles. The van der Waals surface area contributed by atoms with E-state index in [4.69, 9.17) is 5.11 Å². The number of aromatic hydroxyl groups is 1. The molecule has 0 spiro atoms. The Morgan fingerprint density at radius 2 is 1.78 bits per heavy atom. The van der Waals surface area contributed by atoms with Gasteiger partial charge >= 0.3 is 0 Å². The lowest BCUT2D eigenvalue weighted by Crippen LogP contribution is -2.32. The van der Waals surface area contributed by atoms with Crippen LogP contribution >= 0.6 is 0 Å². The van der Waals surface area contributed by atoms with E-state index >= 15 is 0 Å². The predicted molar refractivity (Wildman–Crippen MR) is 68.4 cm³/mol. The quantitative estimate of drug-likeness (QED) is 0.763. The maximum atomic E-state index is 11.8. The largest absolute Gasteiger partial charge is 0.508 e. The summed E-state index contributed by atoms with van der Waals surface area (Å²) in [7, 11) is 0. The molecule has 0 aromatic heterocycles. The number of nitrogens with one attached hydrogen (secondary N) is 1. The first-order chi connectivity index (χ1) is 8.65. The lowest BCUT2D eigenvalue weighted by molar-refractivity contribution is 0.0910. The van der Waals surface area contributed by atoms with Gasteiger partial charge in [0.25, 0.3) is 5.91 Å². The third kappa shape index (κ3) is 3.47. The van der Waals surface area contributed by atoms with Crippen LogP contribution in [0.25, 0.3) is 0 Å².